The standard InChI is InChI=1S/C16H16BrClO2/c1-19-14-8-12(9-15(10-14)20-2)16(17)7-11-4-3-5-13(18)6-11/h3-6,8-10,16H,7H2,1-2H3. The largest absolute Gasteiger partial charge is 0.497 e. The highest BCUT2D eigenvalue weighted by Crippen LogP contribution is 2.33. The van der Waals surface area contributed by atoms with Gasteiger partial charge in [0, 0.05) is 15.9 Å². The summed E-state index contributed by atoms with van der Waals surface area (Å²) in [4.78, 5) is 0.171. The van der Waals surface area contributed by atoms with Gasteiger partial charge in [0.1, 0.15) is 11.5 Å². The molecule has 0 aliphatic carbocycles. The Morgan fingerprint density at radius 1 is 1.05 bits per heavy atom. The van der Waals surface area contributed by atoms with Gasteiger partial charge in [-0.15, -0.1) is 0 Å². The van der Waals surface area contributed by atoms with Gasteiger partial charge in [0.2, 0.25) is 0 Å². The third kappa shape index (κ3) is 3.90. The van der Waals surface area contributed by atoms with Crippen molar-refractivity contribution in [2.24, 2.45) is 0 Å². The molecule has 0 amide bonds. The van der Waals surface area contributed by atoms with Gasteiger partial charge in [-0.25, -0.2) is 0 Å². The van der Waals surface area contributed by atoms with Crippen LogP contribution >= 0.6 is 27.5 Å². The molecule has 0 aliphatic heterocycles. The normalized spacial score (nSPS) is 12.0. The number of benzene rings is 2. The molecule has 0 spiro atoms. The quantitative estimate of drug-likeness (QED) is 0.700. The van der Waals surface area contributed by atoms with Crippen LogP contribution in [0.1, 0.15) is 16.0 Å². The molecule has 20 heavy (non-hydrogen) atoms. The van der Waals surface area contributed by atoms with Crippen molar-refractivity contribution >= 4 is 27.5 Å². The molecule has 1 atom stereocenters. The molecule has 2 aromatic carbocycles. The molecule has 4 heteroatoms. The van der Waals surface area contributed by atoms with Crippen LogP contribution in [0.3, 0.4) is 0 Å². The highest BCUT2D eigenvalue weighted by molar-refractivity contribution is 9.09. The van der Waals surface area contributed by atoms with Crippen molar-refractivity contribution in [1.82, 2.24) is 0 Å². The van der Waals surface area contributed by atoms with Crippen LogP contribution in [0.5, 0.6) is 11.5 Å². The first-order chi connectivity index (χ1) is 9.62. The average Bonchev–Trinajstić information content (AvgIpc) is 2.46. The second-order valence-electron chi connectivity index (χ2n) is 4.45. The minimum atomic E-state index is 0.171. The number of hydrogen-bond acceptors (Lipinski definition) is 2. The van der Waals surface area contributed by atoms with Gasteiger partial charge in [0.15, 0.2) is 0 Å². The molecule has 2 nitrogen and oxygen atoms in total. The predicted molar refractivity (Wildman–Crippen MR) is 86.4 cm³/mol. The van der Waals surface area contributed by atoms with E-state index in [1.54, 1.807) is 14.2 Å². The summed E-state index contributed by atoms with van der Waals surface area (Å²) in [6.45, 7) is 0. The number of halogens is 2. The minimum absolute atomic E-state index is 0.171. The van der Waals surface area contributed by atoms with Gasteiger partial charge in [-0.1, -0.05) is 39.7 Å². The summed E-state index contributed by atoms with van der Waals surface area (Å²) in [6, 6.07) is 13.8. The zero-order valence-electron chi connectivity index (χ0n) is 11.4. The van der Waals surface area contributed by atoms with Crippen LogP contribution in [0.25, 0.3) is 0 Å². The van der Waals surface area contributed by atoms with E-state index in [0.29, 0.717) is 0 Å². The Balaban J connectivity index is 2.22. The lowest BCUT2D eigenvalue weighted by Crippen LogP contribution is -1.97. The molecule has 0 N–H and O–H groups in total. The summed E-state index contributed by atoms with van der Waals surface area (Å²) in [5.41, 5.74) is 2.29. The smallest absolute Gasteiger partial charge is 0.122 e. The third-order valence-corrected chi connectivity index (χ3v) is 4.13. The molecule has 2 rings (SSSR count). The molecule has 0 aromatic heterocycles. The first-order valence-corrected chi connectivity index (χ1v) is 7.53. The SMILES string of the molecule is COc1cc(OC)cc(C(Br)Cc2cccc(Cl)c2)c1. The number of alkyl halides is 1. The zero-order chi connectivity index (χ0) is 14.5. The monoisotopic (exact) mass is 354 g/mol. The molecule has 0 bridgehead atoms. The van der Waals surface area contributed by atoms with Crippen molar-refractivity contribution in [1.29, 1.82) is 0 Å². The molecular weight excluding hydrogens is 340 g/mol. The summed E-state index contributed by atoms with van der Waals surface area (Å²) in [5, 5.41) is 0.755. The Labute approximate surface area is 132 Å². The summed E-state index contributed by atoms with van der Waals surface area (Å²) >= 11 is 9.73. The van der Waals surface area contributed by atoms with Gasteiger partial charge in [0.25, 0.3) is 0 Å². The molecule has 0 saturated heterocycles. The molecule has 0 radical (unpaired) electrons. The van der Waals surface area contributed by atoms with E-state index in [2.05, 4.69) is 22.0 Å². The summed E-state index contributed by atoms with van der Waals surface area (Å²) in [7, 11) is 3.30. The van der Waals surface area contributed by atoms with Crippen LogP contribution < -0.4 is 9.47 Å². The summed E-state index contributed by atoms with van der Waals surface area (Å²) < 4.78 is 10.6. The molecule has 0 aliphatic rings. The molecule has 0 heterocycles. The first kappa shape index (κ1) is 15.2. The van der Waals surface area contributed by atoms with Crippen LogP contribution in [0.15, 0.2) is 42.5 Å². The lowest BCUT2D eigenvalue weighted by atomic mass is 10.0. The Bertz CT molecular complexity index is 564. The first-order valence-electron chi connectivity index (χ1n) is 6.24. The second-order valence-corrected chi connectivity index (χ2v) is 5.99. The maximum absolute atomic E-state index is 6.01. The summed E-state index contributed by atoms with van der Waals surface area (Å²) in [6.07, 6.45) is 0.844. The van der Waals surface area contributed by atoms with Gasteiger partial charge in [0.05, 0.1) is 14.2 Å². The van der Waals surface area contributed by atoms with Crippen molar-refractivity contribution in [3.8, 4) is 11.5 Å². The van der Waals surface area contributed by atoms with E-state index in [0.717, 1.165) is 28.5 Å². The van der Waals surface area contributed by atoms with Crippen LogP contribution in [0.2, 0.25) is 5.02 Å². The average molecular weight is 356 g/mol. The van der Waals surface area contributed by atoms with Crippen LogP contribution in [0, 0.1) is 0 Å². The molecule has 0 fully saturated rings. The maximum Gasteiger partial charge on any atom is 0.122 e. The van der Waals surface area contributed by atoms with Crippen molar-refractivity contribution in [3.05, 3.63) is 58.6 Å². The van der Waals surface area contributed by atoms with Crippen LogP contribution in [-0.2, 0) is 6.42 Å². The third-order valence-electron chi connectivity index (χ3n) is 3.04. The van der Waals surface area contributed by atoms with Crippen LogP contribution in [0.4, 0.5) is 0 Å². The number of methoxy groups -OCH3 is 2. The highest BCUT2D eigenvalue weighted by Gasteiger charge is 2.12. The van der Waals surface area contributed by atoms with Gasteiger partial charge < -0.3 is 9.47 Å². The van der Waals surface area contributed by atoms with E-state index >= 15 is 0 Å². The van der Waals surface area contributed by atoms with E-state index in [-0.39, 0.29) is 4.83 Å². The predicted octanol–water partition coefficient (Wildman–Crippen LogP) is 5.04. The van der Waals surface area contributed by atoms with E-state index in [1.165, 1.54) is 5.56 Å². The van der Waals surface area contributed by atoms with Gasteiger partial charge in [-0.05, 0) is 41.8 Å². The fourth-order valence-corrected chi connectivity index (χ4v) is 2.85. The number of ether oxygens (including phenoxy) is 2. The van der Waals surface area contributed by atoms with Gasteiger partial charge in [-0.3, -0.25) is 0 Å². The Morgan fingerprint density at radius 2 is 1.70 bits per heavy atom. The van der Waals surface area contributed by atoms with E-state index in [1.807, 2.05) is 36.4 Å². The minimum Gasteiger partial charge on any atom is -0.497 e. The molecule has 1 unspecified atom stereocenters. The van der Waals surface area contributed by atoms with E-state index in [9.17, 15) is 0 Å². The van der Waals surface area contributed by atoms with Gasteiger partial charge >= 0.3 is 0 Å². The maximum atomic E-state index is 6.01. The number of hydrogen-bond donors (Lipinski definition) is 0. The lowest BCUT2D eigenvalue weighted by molar-refractivity contribution is 0.393. The Kier molecular flexibility index (Phi) is 5.32. The molecule has 2 aromatic rings. The van der Waals surface area contributed by atoms with Crippen molar-refractivity contribution in [2.45, 2.75) is 11.2 Å². The topological polar surface area (TPSA) is 18.5 Å². The molecule has 0 saturated carbocycles. The number of rotatable bonds is 5. The molecular formula is C16H16BrClO2. The van der Waals surface area contributed by atoms with E-state index in [4.69, 9.17) is 21.1 Å². The second kappa shape index (κ2) is 7.00. The van der Waals surface area contributed by atoms with Crippen molar-refractivity contribution < 1.29 is 9.47 Å². The summed E-state index contributed by atoms with van der Waals surface area (Å²) in [5.74, 6) is 1.57. The fourth-order valence-electron chi connectivity index (χ4n) is 2.00. The highest BCUT2D eigenvalue weighted by atomic mass is 79.9. The zero-order valence-corrected chi connectivity index (χ0v) is 13.7. The molecule has 106 valence electrons. The Hall–Kier alpha value is -1.19. The van der Waals surface area contributed by atoms with Gasteiger partial charge in [-0.2, -0.15) is 0 Å². The Morgan fingerprint density at radius 3 is 2.25 bits per heavy atom. The van der Waals surface area contributed by atoms with Crippen LogP contribution in [-0.4, -0.2) is 14.2 Å². The van der Waals surface area contributed by atoms with Crippen molar-refractivity contribution in [3.63, 3.8) is 0 Å². The van der Waals surface area contributed by atoms with E-state index < -0.39 is 0 Å². The lowest BCUT2D eigenvalue weighted by Gasteiger charge is -2.14. The van der Waals surface area contributed by atoms with Crippen molar-refractivity contribution in [2.75, 3.05) is 14.2 Å². The fraction of sp³-hybridized carbons (Fsp3) is 0.250.